The molecule has 0 saturated carbocycles. The van der Waals surface area contributed by atoms with Gasteiger partial charge in [-0.2, -0.15) is 0 Å². The van der Waals surface area contributed by atoms with Crippen LogP contribution in [0.4, 0.5) is 0 Å². The van der Waals surface area contributed by atoms with Gasteiger partial charge < -0.3 is 9.42 Å². The Hall–Kier alpha value is -0.340. The van der Waals surface area contributed by atoms with Crippen molar-refractivity contribution in [2.75, 3.05) is 6.61 Å². The number of halogens is 1. The maximum absolute atomic E-state index is 11.4. The first-order valence-corrected chi connectivity index (χ1v) is 6.31. The monoisotopic (exact) mass is 250 g/mol. The molecule has 0 fully saturated rings. The normalized spacial score (nSPS) is 14.1. The summed E-state index contributed by atoms with van der Waals surface area (Å²) >= 11 is 0. The average Bonchev–Trinajstić information content (AvgIpc) is 2.08. The first-order valence-electron chi connectivity index (χ1n) is 4.55. The Morgan fingerprint density at radius 1 is 1.33 bits per heavy atom. The van der Waals surface area contributed by atoms with Gasteiger partial charge in [-0.3, -0.25) is 4.57 Å². The van der Waals surface area contributed by atoms with E-state index in [9.17, 15) is 9.46 Å². The average molecular weight is 251 g/mol. The van der Waals surface area contributed by atoms with Crippen LogP contribution in [-0.2, 0) is 15.3 Å². The van der Waals surface area contributed by atoms with Crippen molar-refractivity contribution in [1.29, 1.82) is 0 Å². The molecule has 0 saturated heterocycles. The molecule has 0 heterocycles. The lowest BCUT2D eigenvalue weighted by molar-refractivity contribution is 0.272. The molecule has 1 atom stereocenters. The Bertz CT molecular complexity index is 337. The third-order valence-electron chi connectivity index (χ3n) is 1.83. The molecule has 1 rings (SSSR count). The maximum atomic E-state index is 11.4. The molecule has 0 amide bonds. The van der Waals surface area contributed by atoms with Crippen LogP contribution in [0.5, 0.6) is 0 Å². The van der Waals surface area contributed by atoms with E-state index >= 15 is 0 Å². The van der Waals surface area contributed by atoms with Crippen LogP contribution in [0.15, 0.2) is 24.3 Å². The molecule has 0 aromatic heterocycles. The van der Waals surface area contributed by atoms with Gasteiger partial charge in [-0.1, -0.05) is 29.8 Å². The summed E-state index contributed by atoms with van der Waals surface area (Å²) in [6.45, 7) is 3.95. The van der Waals surface area contributed by atoms with Gasteiger partial charge in [0.25, 0.3) is 0 Å². The van der Waals surface area contributed by atoms with Gasteiger partial charge in [-0.05, 0) is 19.4 Å². The van der Waals surface area contributed by atoms with E-state index in [1.54, 1.807) is 6.92 Å². The van der Waals surface area contributed by atoms with Gasteiger partial charge in [-0.25, -0.2) is 0 Å². The minimum atomic E-state index is -3.43. The summed E-state index contributed by atoms with van der Waals surface area (Å²) < 4.78 is 16.2. The topological polar surface area (TPSA) is 46.5 Å². The van der Waals surface area contributed by atoms with Gasteiger partial charge in [0.15, 0.2) is 0 Å². The molecule has 0 spiro atoms. The van der Waals surface area contributed by atoms with Crippen LogP contribution in [-0.4, -0.2) is 11.5 Å². The van der Waals surface area contributed by atoms with Crippen molar-refractivity contribution in [3.8, 4) is 0 Å². The minimum absolute atomic E-state index is 0. The van der Waals surface area contributed by atoms with Crippen molar-refractivity contribution >= 4 is 20.0 Å². The van der Waals surface area contributed by atoms with Crippen molar-refractivity contribution in [1.82, 2.24) is 0 Å². The van der Waals surface area contributed by atoms with E-state index in [4.69, 9.17) is 4.52 Å². The van der Waals surface area contributed by atoms with Crippen LogP contribution in [0.1, 0.15) is 18.1 Å². The van der Waals surface area contributed by atoms with Gasteiger partial charge in [0.05, 0.1) is 12.8 Å². The summed E-state index contributed by atoms with van der Waals surface area (Å²) in [5.74, 6) is 0. The second-order valence-electron chi connectivity index (χ2n) is 3.20. The second kappa shape index (κ2) is 6.29. The Labute approximate surface area is 96.4 Å². The summed E-state index contributed by atoms with van der Waals surface area (Å²) in [6, 6.07) is 7.52. The van der Waals surface area contributed by atoms with Gasteiger partial charge >= 0.3 is 7.60 Å². The van der Waals surface area contributed by atoms with Gasteiger partial charge in [0, 0.05) is 0 Å². The Morgan fingerprint density at radius 2 is 1.87 bits per heavy atom. The van der Waals surface area contributed by atoms with Crippen molar-refractivity contribution in [2.24, 2.45) is 0 Å². The summed E-state index contributed by atoms with van der Waals surface area (Å²) in [7, 11) is -3.43. The zero-order chi connectivity index (χ0) is 10.6. The van der Waals surface area contributed by atoms with E-state index in [-0.39, 0.29) is 25.2 Å². The molecule has 0 aliphatic rings. The lowest BCUT2D eigenvalue weighted by Gasteiger charge is -2.10. The van der Waals surface area contributed by atoms with Crippen LogP contribution in [0, 0.1) is 6.92 Å². The Kier molecular flexibility index (Phi) is 6.15. The fraction of sp³-hybridized carbons (Fsp3) is 0.400. The molecular formula is C10H16ClO3P. The molecule has 86 valence electrons. The number of benzene rings is 1. The van der Waals surface area contributed by atoms with E-state index in [0.717, 1.165) is 11.1 Å². The minimum Gasteiger partial charge on any atom is -0.324 e. The Balaban J connectivity index is 0.00000196. The molecule has 1 aromatic rings. The molecule has 1 aromatic carbocycles. The molecule has 0 radical (unpaired) electrons. The highest BCUT2D eigenvalue weighted by Gasteiger charge is 2.18. The fourth-order valence-corrected chi connectivity index (χ4v) is 2.34. The van der Waals surface area contributed by atoms with E-state index in [0.29, 0.717) is 0 Å². The highest BCUT2D eigenvalue weighted by molar-refractivity contribution is 7.51. The summed E-state index contributed by atoms with van der Waals surface area (Å²) in [5, 5.41) is 0. The molecule has 5 heteroatoms. The first-order chi connectivity index (χ1) is 6.53. The summed E-state index contributed by atoms with van der Waals surface area (Å²) in [6.07, 6.45) is 0.0844. The van der Waals surface area contributed by atoms with Crippen molar-refractivity contribution < 1.29 is 14.0 Å². The SMILES string of the molecule is CCOP(=O)(O)Cc1ccc(C)cc1.Cl. The van der Waals surface area contributed by atoms with Crippen molar-refractivity contribution in [3.05, 3.63) is 35.4 Å². The van der Waals surface area contributed by atoms with Crippen LogP contribution in [0.2, 0.25) is 0 Å². The lowest BCUT2D eigenvalue weighted by atomic mass is 10.2. The lowest BCUT2D eigenvalue weighted by Crippen LogP contribution is -1.93. The smallest absolute Gasteiger partial charge is 0.324 e. The molecule has 1 N–H and O–H groups in total. The zero-order valence-electron chi connectivity index (χ0n) is 8.84. The zero-order valence-corrected chi connectivity index (χ0v) is 10.6. The van der Waals surface area contributed by atoms with Crippen LogP contribution >= 0.6 is 20.0 Å². The second-order valence-corrected chi connectivity index (χ2v) is 5.05. The molecule has 1 unspecified atom stereocenters. The van der Waals surface area contributed by atoms with Crippen LogP contribution < -0.4 is 0 Å². The largest absolute Gasteiger partial charge is 0.332 e. The number of aryl methyl sites for hydroxylation is 1. The molecule has 0 bridgehead atoms. The van der Waals surface area contributed by atoms with E-state index in [1.807, 2.05) is 31.2 Å². The molecular weight excluding hydrogens is 235 g/mol. The molecule has 0 aliphatic heterocycles. The van der Waals surface area contributed by atoms with E-state index in [2.05, 4.69) is 0 Å². The van der Waals surface area contributed by atoms with Gasteiger partial charge in [0.2, 0.25) is 0 Å². The summed E-state index contributed by atoms with van der Waals surface area (Å²) in [4.78, 5) is 9.37. The fourth-order valence-electron chi connectivity index (χ4n) is 1.17. The van der Waals surface area contributed by atoms with Gasteiger partial charge in [0.1, 0.15) is 0 Å². The molecule has 0 aliphatic carbocycles. The predicted octanol–water partition coefficient (Wildman–Crippen LogP) is 3.14. The number of hydrogen-bond donors (Lipinski definition) is 1. The third kappa shape index (κ3) is 5.33. The van der Waals surface area contributed by atoms with Crippen LogP contribution in [0.3, 0.4) is 0 Å². The van der Waals surface area contributed by atoms with E-state index < -0.39 is 7.60 Å². The van der Waals surface area contributed by atoms with Crippen molar-refractivity contribution in [3.63, 3.8) is 0 Å². The number of hydrogen-bond acceptors (Lipinski definition) is 2. The molecule has 15 heavy (non-hydrogen) atoms. The Morgan fingerprint density at radius 3 is 2.33 bits per heavy atom. The van der Waals surface area contributed by atoms with Crippen LogP contribution in [0.25, 0.3) is 0 Å². The first kappa shape index (κ1) is 14.7. The predicted molar refractivity (Wildman–Crippen MR) is 63.6 cm³/mol. The van der Waals surface area contributed by atoms with Crippen molar-refractivity contribution in [2.45, 2.75) is 20.0 Å². The quantitative estimate of drug-likeness (QED) is 0.835. The van der Waals surface area contributed by atoms with Gasteiger partial charge in [-0.15, -0.1) is 12.4 Å². The molecule has 3 nitrogen and oxygen atoms in total. The summed E-state index contributed by atoms with van der Waals surface area (Å²) in [5.41, 5.74) is 1.97. The maximum Gasteiger partial charge on any atom is 0.332 e. The third-order valence-corrected chi connectivity index (χ3v) is 3.26. The number of rotatable bonds is 4. The van der Waals surface area contributed by atoms with E-state index in [1.165, 1.54) is 0 Å². The highest BCUT2D eigenvalue weighted by Crippen LogP contribution is 2.45. The standard InChI is InChI=1S/C10H15O3P.ClH/c1-3-13-14(11,12)8-10-6-4-9(2)5-7-10;/h4-7H,3,8H2,1-2H3,(H,11,12);1H. The highest BCUT2D eigenvalue weighted by atomic mass is 35.5.